The van der Waals surface area contributed by atoms with Crippen LogP contribution in [0.1, 0.15) is 6.92 Å². The Morgan fingerprint density at radius 3 is 2.31 bits per heavy atom. The number of likely N-dealkylation sites (N-methyl/N-ethyl adjacent to an activating group) is 1. The normalized spacial score (nSPS) is 12.2. The molecule has 0 heterocycles. The standard InChI is InChI=1S/C9H17NO5S/c1-8(2)9(11)15-6-5-10(3,4)7-16(12,13)14/h1,5-7H2,2-4H3. The predicted molar refractivity (Wildman–Crippen MR) is 57.3 cm³/mol. The lowest BCUT2D eigenvalue weighted by Gasteiger charge is -2.30. The molecule has 0 N–H and O–H groups in total. The van der Waals surface area contributed by atoms with Gasteiger partial charge in [0.2, 0.25) is 0 Å². The summed E-state index contributed by atoms with van der Waals surface area (Å²) in [6, 6.07) is 0. The summed E-state index contributed by atoms with van der Waals surface area (Å²) < 4.78 is 36.4. The quantitative estimate of drug-likeness (QED) is 0.280. The van der Waals surface area contributed by atoms with Crippen molar-refractivity contribution in [2.75, 3.05) is 33.1 Å². The smallest absolute Gasteiger partial charge is 0.333 e. The molecule has 0 saturated carbocycles. The zero-order valence-electron chi connectivity index (χ0n) is 9.73. The number of carbonyl (C=O) groups excluding carboxylic acids is 1. The third kappa shape index (κ3) is 7.38. The van der Waals surface area contributed by atoms with Crippen LogP contribution in [0.4, 0.5) is 0 Å². The monoisotopic (exact) mass is 251 g/mol. The van der Waals surface area contributed by atoms with Crippen molar-refractivity contribution in [3.05, 3.63) is 12.2 Å². The van der Waals surface area contributed by atoms with Crippen LogP contribution in [0.25, 0.3) is 0 Å². The Bertz CT molecular complexity index is 371. The molecule has 0 spiro atoms. The zero-order valence-corrected chi connectivity index (χ0v) is 10.5. The van der Waals surface area contributed by atoms with Gasteiger partial charge in [0.15, 0.2) is 5.88 Å². The van der Waals surface area contributed by atoms with E-state index < -0.39 is 22.0 Å². The van der Waals surface area contributed by atoms with E-state index in [1.54, 1.807) is 14.1 Å². The van der Waals surface area contributed by atoms with Crippen LogP contribution in [0.2, 0.25) is 0 Å². The fourth-order valence-corrected chi connectivity index (χ4v) is 1.99. The molecule has 0 aliphatic heterocycles. The number of hydrogen-bond acceptors (Lipinski definition) is 5. The van der Waals surface area contributed by atoms with E-state index in [1.165, 1.54) is 6.92 Å². The van der Waals surface area contributed by atoms with Gasteiger partial charge in [-0.15, -0.1) is 0 Å². The molecule has 0 rings (SSSR count). The Labute approximate surface area is 95.8 Å². The number of ether oxygens (including phenoxy) is 1. The molecule has 6 nitrogen and oxygen atoms in total. The van der Waals surface area contributed by atoms with Crippen molar-refractivity contribution in [2.45, 2.75) is 6.92 Å². The van der Waals surface area contributed by atoms with Crippen LogP contribution in [-0.2, 0) is 19.6 Å². The lowest BCUT2D eigenvalue weighted by atomic mass is 10.4. The average Bonchev–Trinajstić information content (AvgIpc) is 1.98. The summed E-state index contributed by atoms with van der Waals surface area (Å²) in [7, 11) is -1.14. The molecule has 16 heavy (non-hydrogen) atoms. The summed E-state index contributed by atoms with van der Waals surface area (Å²) in [6.07, 6.45) is 0. The fourth-order valence-electron chi connectivity index (χ4n) is 1.00. The maximum Gasteiger partial charge on any atom is 0.333 e. The maximum atomic E-state index is 11.0. The Hall–Kier alpha value is -0.920. The first kappa shape index (κ1) is 15.1. The highest BCUT2D eigenvalue weighted by Crippen LogP contribution is 2.01. The number of rotatable bonds is 6. The van der Waals surface area contributed by atoms with Gasteiger partial charge in [-0.25, -0.2) is 13.2 Å². The minimum atomic E-state index is -4.28. The highest BCUT2D eigenvalue weighted by atomic mass is 32.2. The van der Waals surface area contributed by atoms with E-state index in [2.05, 4.69) is 6.58 Å². The molecule has 94 valence electrons. The van der Waals surface area contributed by atoms with Gasteiger partial charge in [-0.3, -0.25) is 0 Å². The molecule has 0 aliphatic carbocycles. The zero-order chi connectivity index (χ0) is 13.0. The molecule has 0 radical (unpaired) electrons. The van der Waals surface area contributed by atoms with Crippen molar-refractivity contribution >= 4 is 16.1 Å². The first-order valence-electron chi connectivity index (χ1n) is 4.62. The van der Waals surface area contributed by atoms with E-state index in [-0.39, 0.29) is 23.2 Å². The first-order valence-corrected chi connectivity index (χ1v) is 6.19. The predicted octanol–water partition coefficient (Wildman–Crippen LogP) is -0.315. The molecule has 0 amide bonds. The molecule has 0 aromatic heterocycles. The van der Waals surface area contributed by atoms with Crippen molar-refractivity contribution < 1.29 is 27.0 Å². The molecule has 0 fully saturated rings. The number of carbonyl (C=O) groups is 1. The van der Waals surface area contributed by atoms with Gasteiger partial charge in [-0.2, -0.15) is 0 Å². The average molecular weight is 251 g/mol. The largest absolute Gasteiger partial charge is 0.744 e. The van der Waals surface area contributed by atoms with Crippen LogP contribution in [0.5, 0.6) is 0 Å². The third-order valence-electron chi connectivity index (χ3n) is 1.79. The molecule has 0 aromatic carbocycles. The molecule has 0 atom stereocenters. The van der Waals surface area contributed by atoms with E-state index in [9.17, 15) is 17.8 Å². The SMILES string of the molecule is C=C(C)C(=O)OCC[N+](C)(C)CS(=O)(=O)[O-]. The summed E-state index contributed by atoms with van der Waals surface area (Å²) in [5.41, 5.74) is 0.279. The number of hydrogen-bond donors (Lipinski definition) is 0. The van der Waals surface area contributed by atoms with Gasteiger partial charge >= 0.3 is 5.97 Å². The highest BCUT2D eigenvalue weighted by molar-refractivity contribution is 7.85. The molecule has 7 heteroatoms. The lowest BCUT2D eigenvalue weighted by Crippen LogP contribution is -2.46. The van der Waals surface area contributed by atoms with E-state index in [0.29, 0.717) is 0 Å². The van der Waals surface area contributed by atoms with Gasteiger partial charge in [0, 0.05) is 5.57 Å². The summed E-state index contributed by atoms with van der Waals surface area (Å²) in [4.78, 5) is 11.0. The van der Waals surface area contributed by atoms with Crippen molar-refractivity contribution in [3.63, 3.8) is 0 Å². The number of nitrogens with zero attached hydrogens (tertiary/aromatic N) is 1. The van der Waals surface area contributed by atoms with Crippen LogP contribution >= 0.6 is 0 Å². The molecule has 0 bridgehead atoms. The second-order valence-corrected chi connectivity index (χ2v) is 5.64. The molecule has 0 aromatic rings. The summed E-state index contributed by atoms with van der Waals surface area (Å²) >= 11 is 0. The molecule has 0 aliphatic rings. The van der Waals surface area contributed by atoms with Gasteiger partial charge in [-0.05, 0) is 6.92 Å². The summed E-state index contributed by atoms with van der Waals surface area (Å²) in [5, 5.41) is 0. The maximum absolute atomic E-state index is 11.0. The Kier molecular flexibility index (Phi) is 5.11. The molecule has 0 unspecified atom stereocenters. The van der Waals surface area contributed by atoms with E-state index in [4.69, 9.17) is 4.74 Å². The summed E-state index contributed by atoms with van der Waals surface area (Å²) in [5.74, 6) is -1.05. The molecular formula is C9H17NO5S. The van der Waals surface area contributed by atoms with Gasteiger partial charge in [0.1, 0.15) is 23.3 Å². The van der Waals surface area contributed by atoms with Gasteiger partial charge < -0.3 is 13.8 Å². The van der Waals surface area contributed by atoms with Crippen LogP contribution in [0.15, 0.2) is 12.2 Å². The van der Waals surface area contributed by atoms with Crippen LogP contribution in [0.3, 0.4) is 0 Å². The van der Waals surface area contributed by atoms with Crippen molar-refractivity contribution in [2.24, 2.45) is 0 Å². The van der Waals surface area contributed by atoms with Gasteiger partial charge in [0.05, 0.1) is 14.1 Å². The molecule has 0 saturated heterocycles. The van der Waals surface area contributed by atoms with E-state index in [0.717, 1.165) is 0 Å². The third-order valence-corrected chi connectivity index (χ3v) is 2.80. The van der Waals surface area contributed by atoms with Crippen LogP contribution in [0, 0.1) is 0 Å². The van der Waals surface area contributed by atoms with Gasteiger partial charge in [-0.1, -0.05) is 6.58 Å². The topological polar surface area (TPSA) is 83.5 Å². The Morgan fingerprint density at radius 1 is 1.44 bits per heavy atom. The van der Waals surface area contributed by atoms with E-state index in [1.807, 2.05) is 0 Å². The number of esters is 1. The highest BCUT2D eigenvalue weighted by Gasteiger charge is 2.19. The lowest BCUT2D eigenvalue weighted by molar-refractivity contribution is -0.878. The minimum absolute atomic E-state index is 0.0463. The van der Waals surface area contributed by atoms with Crippen LogP contribution in [-0.4, -0.2) is 56.5 Å². The first-order chi connectivity index (χ1) is 7.03. The van der Waals surface area contributed by atoms with Crippen molar-refractivity contribution in [1.29, 1.82) is 0 Å². The second-order valence-electron chi connectivity index (χ2n) is 4.26. The Balaban J connectivity index is 4.11. The second kappa shape index (κ2) is 5.42. The van der Waals surface area contributed by atoms with Crippen LogP contribution < -0.4 is 0 Å². The van der Waals surface area contributed by atoms with E-state index >= 15 is 0 Å². The minimum Gasteiger partial charge on any atom is -0.744 e. The fraction of sp³-hybridized carbons (Fsp3) is 0.667. The molecular weight excluding hydrogens is 234 g/mol. The summed E-state index contributed by atoms with van der Waals surface area (Å²) in [6.45, 7) is 5.22. The van der Waals surface area contributed by atoms with Gasteiger partial charge in [0.25, 0.3) is 0 Å². The Morgan fingerprint density at radius 2 is 1.94 bits per heavy atom. The van der Waals surface area contributed by atoms with Crippen molar-refractivity contribution in [3.8, 4) is 0 Å². The number of quaternary nitrogens is 1. The van der Waals surface area contributed by atoms with Crippen molar-refractivity contribution in [1.82, 2.24) is 0 Å².